The maximum absolute atomic E-state index is 14.1. The van der Waals surface area contributed by atoms with Gasteiger partial charge in [0.2, 0.25) is 11.8 Å². The van der Waals surface area contributed by atoms with Gasteiger partial charge in [0.1, 0.15) is 11.9 Å². The molecule has 2 aromatic rings. The van der Waals surface area contributed by atoms with Crippen molar-refractivity contribution in [3.8, 4) is 0 Å². The molecule has 0 bridgehead atoms. The average molecular weight is 459 g/mol. The zero-order chi connectivity index (χ0) is 23.0. The highest BCUT2D eigenvalue weighted by Gasteiger charge is 2.42. The van der Waals surface area contributed by atoms with Crippen LogP contribution in [0.15, 0.2) is 54.6 Å². The molecule has 1 aliphatic carbocycles. The molecule has 0 saturated heterocycles. The number of thiol groups is 1. The molecule has 7 heteroatoms. The summed E-state index contributed by atoms with van der Waals surface area (Å²) in [5.74, 6) is -0.770. The Hall–Kier alpha value is -2.38. The molecule has 5 nitrogen and oxygen atoms in total. The number of carbonyl (C=O) groups excluding carboxylic acids is 2. The fraction of sp³-hybridized carbons (Fsp3) is 0.440. The van der Waals surface area contributed by atoms with Gasteiger partial charge in [0, 0.05) is 18.8 Å². The summed E-state index contributed by atoms with van der Waals surface area (Å²) in [4.78, 5) is 26.5. The number of carbonyl (C=O) groups is 2. The minimum Gasteiger partial charge on any atom is -0.379 e. The zero-order valence-corrected chi connectivity index (χ0v) is 19.2. The Kier molecular flexibility index (Phi) is 8.70. The molecule has 0 radical (unpaired) electrons. The molecular weight excluding hydrogens is 427 g/mol. The Bertz CT molecular complexity index is 901. The maximum Gasteiger partial charge on any atom is 0.247 e. The van der Waals surface area contributed by atoms with Gasteiger partial charge in [-0.3, -0.25) is 9.59 Å². The second kappa shape index (κ2) is 11.5. The predicted octanol–water partition coefficient (Wildman–Crippen LogP) is 4.39. The smallest absolute Gasteiger partial charge is 0.247 e. The van der Waals surface area contributed by atoms with Crippen molar-refractivity contribution in [2.75, 3.05) is 17.7 Å². The largest absolute Gasteiger partial charge is 0.379 e. The normalized spacial score (nSPS) is 21.5. The summed E-state index contributed by atoms with van der Waals surface area (Å²) in [6.45, 7) is 2.62. The van der Waals surface area contributed by atoms with E-state index in [-0.39, 0.29) is 17.7 Å². The van der Waals surface area contributed by atoms with Crippen molar-refractivity contribution < 1.29 is 18.7 Å². The van der Waals surface area contributed by atoms with Crippen LogP contribution in [-0.2, 0) is 20.7 Å². The molecule has 0 spiro atoms. The van der Waals surface area contributed by atoms with E-state index in [0.717, 1.165) is 18.4 Å². The van der Waals surface area contributed by atoms with E-state index in [9.17, 15) is 14.0 Å². The fourth-order valence-electron chi connectivity index (χ4n) is 4.16. The molecule has 2 amide bonds. The Morgan fingerprint density at radius 3 is 2.41 bits per heavy atom. The third-order valence-electron chi connectivity index (χ3n) is 6.11. The van der Waals surface area contributed by atoms with E-state index in [1.807, 2.05) is 37.3 Å². The zero-order valence-electron chi connectivity index (χ0n) is 18.4. The first-order valence-corrected chi connectivity index (χ1v) is 11.7. The Labute approximate surface area is 194 Å². The molecular formula is C25H31FN2O3S. The lowest BCUT2D eigenvalue weighted by atomic mass is 9.73. The molecule has 0 unspecified atom stereocenters. The van der Waals surface area contributed by atoms with Crippen LogP contribution in [0.4, 0.5) is 10.1 Å². The molecule has 172 valence electrons. The SMILES string of the molecule is CCO[C@H]1CC[C@@](CS)(C(=O)N[C@@H](Cc2ccccc2)C(=O)Nc2ccccc2F)CC1. The molecule has 32 heavy (non-hydrogen) atoms. The first kappa shape index (κ1) is 24.3. The van der Waals surface area contributed by atoms with E-state index in [1.54, 1.807) is 12.1 Å². The van der Waals surface area contributed by atoms with Crippen molar-refractivity contribution in [1.29, 1.82) is 0 Å². The summed E-state index contributed by atoms with van der Waals surface area (Å²) in [7, 11) is 0. The predicted molar refractivity (Wildman–Crippen MR) is 127 cm³/mol. The van der Waals surface area contributed by atoms with Crippen molar-refractivity contribution in [3.05, 3.63) is 66.0 Å². The molecule has 0 aliphatic heterocycles. The highest BCUT2D eigenvalue weighted by atomic mass is 32.1. The van der Waals surface area contributed by atoms with Crippen LogP contribution in [0, 0.1) is 11.2 Å². The molecule has 0 heterocycles. The van der Waals surface area contributed by atoms with Crippen LogP contribution in [0.2, 0.25) is 0 Å². The van der Waals surface area contributed by atoms with Gasteiger partial charge in [-0.25, -0.2) is 4.39 Å². The average Bonchev–Trinajstić information content (AvgIpc) is 2.81. The first-order chi connectivity index (χ1) is 15.5. The molecule has 1 saturated carbocycles. The van der Waals surface area contributed by atoms with E-state index in [1.165, 1.54) is 12.1 Å². The third kappa shape index (κ3) is 6.11. The highest BCUT2D eigenvalue weighted by Crippen LogP contribution is 2.39. The standard InChI is InChI=1S/C25H31FN2O3S/c1-2-31-19-12-14-25(17-32,15-13-19)24(30)28-22(16-18-8-4-3-5-9-18)23(29)27-21-11-7-6-10-20(21)26/h3-11,19,22,32H,2,12-17H2,1H3,(H,27,29)(H,28,30)/t19-,22-,25+/m0/s1. The van der Waals surface area contributed by atoms with Crippen LogP contribution >= 0.6 is 12.6 Å². The molecule has 0 aromatic heterocycles. The van der Waals surface area contributed by atoms with Crippen LogP contribution in [0.1, 0.15) is 38.2 Å². The van der Waals surface area contributed by atoms with Gasteiger partial charge in [-0.2, -0.15) is 12.6 Å². The minimum atomic E-state index is -0.842. The quantitative estimate of drug-likeness (QED) is 0.489. The number of rotatable bonds is 9. The van der Waals surface area contributed by atoms with Crippen LogP contribution < -0.4 is 10.6 Å². The van der Waals surface area contributed by atoms with Gasteiger partial charge >= 0.3 is 0 Å². The molecule has 1 fully saturated rings. The number of anilines is 1. The number of para-hydroxylation sites is 1. The molecule has 3 rings (SSSR count). The van der Waals surface area contributed by atoms with Crippen LogP contribution in [0.5, 0.6) is 0 Å². The number of hydrogen-bond donors (Lipinski definition) is 3. The van der Waals surface area contributed by atoms with Gasteiger partial charge in [0.05, 0.1) is 17.2 Å². The van der Waals surface area contributed by atoms with Crippen LogP contribution in [0.25, 0.3) is 0 Å². The Balaban J connectivity index is 1.76. The number of halogens is 1. The van der Waals surface area contributed by atoms with Crippen molar-refractivity contribution in [2.45, 2.75) is 51.2 Å². The Morgan fingerprint density at radius 1 is 1.12 bits per heavy atom. The summed E-state index contributed by atoms with van der Waals surface area (Å²) in [5.41, 5.74) is 0.344. The molecule has 1 aliphatic rings. The first-order valence-electron chi connectivity index (χ1n) is 11.1. The van der Waals surface area contributed by atoms with Crippen LogP contribution in [-0.4, -0.2) is 36.3 Å². The topological polar surface area (TPSA) is 67.4 Å². The van der Waals surface area contributed by atoms with Gasteiger partial charge in [0.25, 0.3) is 0 Å². The summed E-state index contributed by atoms with van der Waals surface area (Å²) < 4.78 is 19.8. The van der Waals surface area contributed by atoms with E-state index in [0.29, 0.717) is 31.6 Å². The molecule has 2 N–H and O–H groups in total. The number of nitrogens with one attached hydrogen (secondary N) is 2. The van der Waals surface area contributed by atoms with Gasteiger partial charge in [0.15, 0.2) is 0 Å². The number of amides is 2. The summed E-state index contributed by atoms with van der Waals surface area (Å²) in [6.07, 6.45) is 3.33. The summed E-state index contributed by atoms with van der Waals surface area (Å²) >= 11 is 4.49. The second-order valence-electron chi connectivity index (χ2n) is 8.28. The van der Waals surface area contributed by atoms with Crippen molar-refractivity contribution in [3.63, 3.8) is 0 Å². The Morgan fingerprint density at radius 2 is 1.78 bits per heavy atom. The van der Waals surface area contributed by atoms with Gasteiger partial charge < -0.3 is 15.4 Å². The van der Waals surface area contributed by atoms with E-state index < -0.39 is 23.2 Å². The molecule has 2 aromatic carbocycles. The summed E-state index contributed by atoms with van der Waals surface area (Å²) in [6, 6.07) is 14.6. The second-order valence-corrected chi connectivity index (χ2v) is 8.59. The van der Waals surface area contributed by atoms with E-state index in [4.69, 9.17) is 4.74 Å². The van der Waals surface area contributed by atoms with Crippen molar-refractivity contribution in [1.82, 2.24) is 5.32 Å². The maximum atomic E-state index is 14.1. The van der Waals surface area contributed by atoms with E-state index in [2.05, 4.69) is 23.3 Å². The lowest BCUT2D eigenvalue weighted by Gasteiger charge is -2.38. The van der Waals surface area contributed by atoms with Gasteiger partial charge in [-0.1, -0.05) is 42.5 Å². The fourth-order valence-corrected chi connectivity index (χ4v) is 4.62. The lowest BCUT2D eigenvalue weighted by Crippen LogP contribution is -2.53. The van der Waals surface area contributed by atoms with Crippen LogP contribution in [0.3, 0.4) is 0 Å². The number of hydrogen-bond acceptors (Lipinski definition) is 4. The van der Waals surface area contributed by atoms with E-state index >= 15 is 0 Å². The summed E-state index contributed by atoms with van der Waals surface area (Å²) in [5, 5.41) is 5.58. The minimum absolute atomic E-state index is 0.0888. The van der Waals surface area contributed by atoms with Crippen molar-refractivity contribution >= 4 is 30.1 Å². The third-order valence-corrected chi connectivity index (χ3v) is 6.72. The highest BCUT2D eigenvalue weighted by molar-refractivity contribution is 7.80. The van der Waals surface area contributed by atoms with Crippen molar-refractivity contribution in [2.24, 2.45) is 5.41 Å². The van der Waals surface area contributed by atoms with Gasteiger partial charge in [-0.15, -0.1) is 0 Å². The van der Waals surface area contributed by atoms with Gasteiger partial charge in [-0.05, 0) is 50.3 Å². The number of benzene rings is 2. The number of ether oxygens (including phenoxy) is 1. The lowest BCUT2D eigenvalue weighted by molar-refractivity contribution is -0.136. The molecule has 1 atom stereocenters. The monoisotopic (exact) mass is 458 g/mol.